The molecule has 0 radical (unpaired) electrons. The van der Waals surface area contributed by atoms with Crippen LogP contribution in [-0.4, -0.2) is 9.97 Å². The van der Waals surface area contributed by atoms with Crippen LogP contribution in [0.5, 0.6) is 0 Å². The predicted molar refractivity (Wildman–Crippen MR) is 89.4 cm³/mol. The third kappa shape index (κ3) is 3.27. The minimum atomic E-state index is -0.165. The maximum absolute atomic E-state index is 6.16. The zero-order valence-electron chi connectivity index (χ0n) is 13.1. The average Bonchev–Trinajstić information content (AvgIpc) is 2.38. The van der Waals surface area contributed by atoms with Gasteiger partial charge in [0.05, 0.1) is 0 Å². The molecule has 0 bridgehead atoms. The number of benzene rings is 1. The molecule has 1 aromatic carbocycles. The summed E-state index contributed by atoms with van der Waals surface area (Å²) in [5.74, 6) is 1.93. The molecule has 0 amide bonds. The zero-order chi connectivity index (χ0) is 15.8. The summed E-state index contributed by atoms with van der Waals surface area (Å²) in [6, 6.07) is 5.74. The lowest BCUT2D eigenvalue weighted by Gasteiger charge is -2.20. The minimum Gasteiger partial charge on any atom is -0.383 e. The molecule has 0 fully saturated rings. The first kappa shape index (κ1) is 15.6. The lowest BCUT2D eigenvalue weighted by atomic mass is 9.95. The maximum Gasteiger partial charge on any atom is 0.139 e. The molecule has 0 saturated heterocycles. The van der Waals surface area contributed by atoms with E-state index in [2.05, 4.69) is 36.1 Å². The smallest absolute Gasteiger partial charge is 0.139 e. The SMILES string of the molecule is Cc1c(Cl)cccc1Nc1nc(C(C)(C)C)nc(N)c1C. The summed E-state index contributed by atoms with van der Waals surface area (Å²) in [6.07, 6.45) is 0. The normalized spacial score (nSPS) is 11.5. The topological polar surface area (TPSA) is 63.8 Å². The number of anilines is 3. The van der Waals surface area contributed by atoms with Gasteiger partial charge in [-0.2, -0.15) is 0 Å². The van der Waals surface area contributed by atoms with Crippen molar-refractivity contribution in [1.29, 1.82) is 0 Å². The molecule has 112 valence electrons. The van der Waals surface area contributed by atoms with Crippen molar-refractivity contribution in [3.8, 4) is 0 Å². The van der Waals surface area contributed by atoms with E-state index in [1.165, 1.54) is 0 Å². The van der Waals surface area contributed by atoms with Gasteiger partial charge in [0.15, 0.2) is 0 Å². The van der Waals surface area contributed by atoms with E-state index < -0.39 is 0 Å². The Balaban J connectivity index is 2.49. The van der Waals surface area contributed by atoms with Crippen molar-refractivity contribution in [3.05, 3.63) is 40.2 Å². The quantitative estimate of drug-likeness (QED) is 0.864. The number of halogens is 1. The summed E-state index contributed by atoms with van der Waals surface area (Å²) in [5, 5.41) is 4.04. The van der Waals surface area contributed by atoms with E-state index in [9.17, 15) is 0 Å². The Labute approximate surface area is 130 Å². The molecule has 0 aliphatic carbocycles. The summed E-state index contributed by atoms with van der Waals surface area (Å²) in [5.41, 5.74) is 8.59. The van der Waals surface area contributed by atoms with Gasteiger partial charge in [-0.15, -0.1) is 0 Å². The van der Waals surface area contributed by atoms with E-state index in [1.807, 2.05) is 32.0 Å². The van der Waals surface area contributed by atoms with Gasteiger partial charge in [-0.1, -0.05) is 38.4 Å². The Hall–Kier alpha value is -1.81. The first-order chi connectivity index (χ1) is 9.70. The predicted octanol–water partition coefficient (Wildman–Crippen LogP) is 4.37. The fourth-order valence-corrected chi connectivity index (χ4v) is 2.04. The second-order valence-corrected chi connectivity index (χ2v) is 6.60. The molecule has 2 aromatic rings. The first-order valence-corrected chi connectivity index (χ1v) is 7.24. The Bertz CT molecular complexity index is 675. The van der Waals surface area contributed by atoms with E-state index in [1.54, 1.807) is 0 Å². The highest BCUT2D eigenvalue weighted by Gasteiger charge is 2.20. The fourth-order valence-electron chi connectivity index (χ4n) is 1.86. The van der Waals surface area contributed by atoms with Gasteiger partial charge >= 0.3 is 0 Å². The number of nitrogen functional groups attached to an aromatic ring is 1. The fraction of sp³-hybridized carbons (Fsp3) is 0.375. The van der Waals surface area contributed by atoms with Crippen LogP contribution in [0.1, 0.15) is 37.7 Å². The maximum atomic E-state index is 6.16. The van der Waals surface area contributed by atoms with Gasteiger partial charge in [-0.3, -0.25) is 0 Å². The molecule has 4 nitrogen and oxygen atoms in total. The Kier molecular flexibility index (Phi) is 4.10. The summed E-state index contributed by atoms with van der Waals surface area (Å²) < 4.78 is 0. The first-order valence-electron chi connectivity index (χ1n) is 6.87. The van der Waals surface area contributed by atoms with Gasteiger partial charge in [-0.05, 0) is 31.5 Å². The van der Waals surface area contributed by atoms with Crippen molar-refractivity contribution in [2.75, 3.05) is 11.1 Å². The molecule has 21 heavy (non-hydrogen) atoms. The van der Waals surface area contributed by atoms with E-state index >= 15 is 0 Å². The van der Waals surface area contributed by atoms with Gasteiger partial charge < -0.3 is 11.1 Å². The van der Waals surface area contributed by atoms with Crippen LogP contribution in [0, 0.1) is 13.8 Å². The lowest BCUT2D eigenvalue weighted by Crippen LogP contribution is -2.19. The standard InChI is InChI=1S/C16H21ClN4/c1-9-11(17)7-6-8-12(9)19-14-10(2)13(18)20-15(21-14)16(3,4)5/h6-8H,1-5H3,(H3,18,19,20,21). The number of rotatable bonds is 2. The van der Waals surface area contributed by atoms with Crippen molar-refractivity contribution < 1.29 is 0 Å². The zero-order valence-corrected chi connectivity index (χ0v) is 13.8. The molecule has 2 rings (SSSR count). The van der Waals surface area contributed by atoms with E-state index in [0.717, 1.165) is 27.7 Å². The molecular formula is C16H21ClN4. The summed E-state index contributed by atoms with van der Waals surface area (Å²) in [6.45, 7) is 10.1. The van der Waals surface area contributed by atoms with Crippen LogP contribution < -0.4 is 11.1 Å². The van der Waals surface area contributed by atoms with E-state index in [0.29, 0.717) is 11.6 Å². The van der Waals surface area contributed by atoms with E-state index in [4.69, 9.17) is 17.3 Å². The van der Waals surface area contributed by atoms with Crippen LogP contribution >= 0.6 is 11.6 Å². The van der Waals surface area contributed by atoms with Crippen LogP contribution in [-0.2, 0) is 5.41 Å². The number of nitrogens with two attached hydrogens (primary N) is 1. The molecular weight excluding hydrogens is 284 g/mol. The van der Waals surface area contributed by atoms with Crippen LogP contribution in [0.15, 0.2) is 18.2 Å². The van der Waals surface area contributed by atoms with Gasteiger partial charge in [-0.25, -0.2) is 9.97 Å². The van der Waals surface area contributed by atoms with Crippen LogP contribution in [0.2, 0.25) is 5.02 Å². The third-order valence-electron chi connectivity index (χ3n) is 3.38. The molecule has 0 spiro atoms. The van der Waals surface area contributed by atoms with Gasteiger partial charge in [0.25, 0.3) is 0 Å². The Morgan fingerprint density at radius 3 is 2.38 bits per heavy atom. The van der Waals surface area contributed by atoms with Crippen molar-refractivity contribution in [2.24, 2.45) is 0 Å². The highest BCUT2D eigenvalue weighted by Crippen LogP contribution is 2.29. The molecule has 0 unspecified atom stereocenters. The number of aromatic nitrogens is 2. The summed E-state index contributed by atoms with van der Waals surface area (Å²) in [4.78, 5) is 9.01. The Morgan fingerprint density at radius 2 is 1.76 bits per heavy atom. The second kappa shape index (κ2) is 5.53. The highest BCUT2D eigenvalue weighted by atomic mass is 35.5. The van der Waals surface area contributed by atoms with E-state index in [-0.39, 0.29) is 5.41 Å². The number of hydrogen-bond donors (Lipinski definition) is 2. The van der Waals surface area contributed by atoms with Gasteiger partial charge in [0, 0.05) is 21.7 Å². The summed E-state index contributed by atoms with van der Waals surface area (Å²) in [7, 11) is 0. The van der Waals surface area contributed by atoms with Gasteiger partial charge in [0.1, 0.15) is 17.5 Å². The molecule has 0 aliphatic heterocycles. The van der Waals surface area contributed by atoms with Gasteiger partial charge in [0.2, 0.25) is 0 Å². The molecule has 5 heteroatoms. The van der Waals surface area contributed by atoms with Crippen molar-refractivity contribution in [2.45, 2.75) is 40.0 Å². The molecule has 0 saturated carbocycles. The summed E-state index contributed by atoms with van der Waals surface area (Å²) >= 11 is 6.16. The average molecular weight is 305 g/mol. The van der Waals surface area contributed by atoms with Crippen molar-refractivity contribution >= 4 is 28.9 Å². The molecule has 1 heterocycles. The van der Waals surface area contributed by atoms with Crippen molar-refractivity contribution in [1.82, 2.24) is 9.97 Å². The largest absolute Gasteiger partial charge is 0.383 e. The van der Waals surface area contributed by atoms with Crippen LogP contribution in [0.4, 0.5) is 17.3 Å². The van der Waals surface area contributed by atoms with Crippen LogP contribution in [0.25, 0.3) is 0 Å². The third-order valence-corrected chi connectivity index (χ3v) is 3.78. The Morgan fingerprint density at radius 1 is 1.10 bits per heavy atom. The number of nitrogens with one attached hydrogen (secondary N) is 1. The van der Waals surface area contributed by atoms with Crippen molar-refractivity contribution in [3.63, 3.8) is 0 Å². The molecule has 0 atom stereocenters. The number of nitrogens with zero attached hydrogens (tertiary/aromatic N) is 2. The highest BCUT2D eigenvalue weighted by molar-refractivity contribution is 6.31. The molecule has 0 aliphatic rings. The molecule has 1 aromatic heterocycles. The molecule has 3 N–H and O–H groups in total. The lowest BCUT2D eigenvalue weighted by molar-refractivity contribution is 0.546. The second-order valence-electron chi connectivity index (χ2n) is 6.19. The minimum absolute atomic E-state index is 0.165. The van der Waals surface area contributed by atoms with Crippen LogP contribution in [0.3, 0.4) is 0 Å². The monoisotopic (exact) mass is 304 g/mol. The number of hydrogen-bond acceptors (Lipinski definition) is 4.